The smallest absolute Gasteiger partial charge is 0.252 e. The molecule has 4 rings (SSSR count). The first-order chi connectivity index (χ1) is 15.5. The summed E-state index contributed by atoms with van der Waals surface area (Å²) in [6.45, 7) is 2.42. The lowest BCUT2D eigenvalue weighted by Gasteiger charge is -2.28. The molecule has 1 N–H and O–H groups in total. The highest BCUT2D eigenvalue weighted by Crippen LogP contribution is 2.24. The zero-order valence-corrected chi connectivity index (χ0v) is 18.4. The van der Waals surface area contributed by atoms with Crippen LogP contribution in [0.2, 0.25) is 0 Å². The first-order valence-corrected chi connectivity index (χ1v) is 11.8. The fraction of sp³-hybridized carbons (Fsp3) is 0.273. The van der Waals surface area contributed by atoms with E-state index in [4.69, 9.17) is 4.74 Å². The van der Waals surface area contributed by atoms with Crippen LogP contribution in [-0.2, 0) is 20.3 Å². The van der Waals surface area contributed by atoms with Gasteiger partial charge in [0, 0.05) is 32.4 Å². The van der Waals surface area contributed by atoms with E-state index < -0.39 is 15.7 Å². The van der Waals surface area contributed by atoms with Crippen molar-refractivity contribution in [3.63, 3.8) is 0 Å². The van der Waals surface area contributed by atoms with Crippen molar-refractivity contribution in [2.75, 3.05) is 38.3 Å². The molecule has 166 valence electrons. The minimum absolute atomic E-state index is 0.0368. The number of rotatable bonds is 6. The first kappa shape index (κ1) is 21.8. The van der Waals surface area contributed by atoms with Crippen LogP contribution in [0.15, 0.2) is 59.6 Å². The number of amides is 1. The molecule has 10 heteroatoms. The molecule has 1 amide bonds. The second-order valence-electron chi connectivity index (χ2n) is 7.19. The predicted molar refractivity (Wildman–Crippen MR) is 119 cm³/mol. The van der Waals surface area contributed by atoms with Gasteiger partial charge in [-0.1, -0.05) is 18.2 Å². The summed E-state index contributed by atoms with van der Waals surface area (Å²) in [7, 11) is -2.40. The van der Waals surface area contributed by atoms with Crippen LogP contribution in [0.5, 0.6) is 0 Å². The molecule has 3 aromatic rings. The van der Waals surface area contributed by atoms with Crippen LogP contribution >= 0.6 is 0 Å². The Bertz CT molecular complexity index is 1210. The molecule has 9 nitrogen and oxygen atoms in total. The van der Waals surface area contributed by atoms with Crippen LogP contribution in [-0.4, -0.2) is 62.6 Å². The third-order valence-electron chi connectivity index (χ3n) is 5.03. The Labute approximate surface area is 186 Å². The van der Waals surface area contributed by atoms with Crippen molar-refractivity contribution in [1.82, 2.24) is 20.3 Å². The van der Waals surface area contributed by atoms with Crippen LogP contribution in [0.25, 0.3) is 11.5 Å². The number of benzene rings is 1. The summed E-state index contributed by atoms with van der Waals surface area (Å²) in [5.41, 5.74) is 0.975. The van der Waals surface area contributed by atoms with E-state index in [2.05, 4.69) is 20.3 Å². The van der Waals surface area contributed by atoms with E-state index in [0.717, 1.165) is 0 Å². The van der Waals surface area contributed by atoms with Crippen molar-refractivity contribution in [2.45, 2.75) is 10.6 Å². The fourth-order valence-electron chi connectivity index (χ4n) is 3.45. The van der Waals surface area contributed by atoms with Crippen molar-refractivity contribution >= 4 is 21.6 Å². The van der Waals surface area contributed by atoms with Gasteiger partial charge in [-0.2, -0.15) is 0 Å². The summed E-state index contributed by atoms with van der Waals surface area (Å²) in [4.78, 5) is 27.6. The van der Waals surface area contributed by atoms with Gasteiger partial charge in [-0.25, -0.2) is 18.4 Å². The number of sulfone groups is 1. The van der Waals surface area contributed by atoms with Gasteiger partial charge < -0.3 is 15.0 Å². The normalized spacial score (nSPS) is 14.2. The van der Waals surface area contributed by atoms with Crippen LogP contribution in [0.4, 0.5) is 5.82 Å². The van der Waals surface area contributed by atoms with E-state index in [-0.39, 0.29) is 16.2 Å². The van der Waals surface area contributed by atoms with Gasteiger partial charge in [0.25, 0.3) is 5.91 Å². The molecule has 1 aliphatic rings. The maximum Gasteiger partial charge on any atom is 0.252 e. The molecule has 0 radical (unpaired) electrons. The number of hydrogen-bond donors (Lipinski definition) is 1. The van der Waals surface area contributed by atoms with E-state index in [0.29, 0.717) is 49.3 Å². The average Bonchev–Trinajstić information content (AvgIpc) is 2.84. The molecule has 0 saturated carbocycles. The number of morpholine rings is 1. The van der Waals surface area contributed by atoms with Gasteiger partial charge in [-0.3, -0.25) is 9.78 Å². The van der Waals surface area contributed by atoms with E-state index in [9.17, 15) is 13.2 Å². The van der Waals surface area contributed by atoms with Gasteiger partial charge >= 0.3 is 0 Å². The lowest BCUT2D eigenvalue weighted by molar-refractivity contribution is 0.0960. The highest BCUT2D eigenvalue weighted by atomic mass is 32.2. The van der Waals surface area contributed by atoms with E-state index in [1.165, 1.54) is 19.2 Å². The van der Waals surface area contributed by atoms with Gasteiger partial charge in [-0.15, -0.1) is 0 Å². The number of aromatic nitrogens is 3. The summed E-state index contributed by atoms with van der Waals surface area (Å²) in [6, 6.07) is 13.2. The summed E-state index contributed by atoms with van der Waals surface area (Å²) in [5, 5.41) is 2.48. The first-order valence-electron chi connectivity index (χ1n) is 10.1. The third kappa shape index (κ3) is 4.76. The lowest BCUT2D eigenvalue weighted by Crippen LogP contribution is -2.37. The van der Waals surface area contributed by atoms with Crippen molar-refractivity contribution < 1.29 is 17.9 Å². The van der Waals surface area contributed by atoms with E-state index in [1.807, 2.05) is 11.0 Å². The number of carbonyl (C=O) groups excluding carboxylic acids is 1. The molecule has 32 heavy (non-hydrogen) atoms. The number of nitrogens with zero attached hydrogens (tertiary/aromatic N) is 4. The topological polar surface area (TPSA) is 114 Å². The van der Waals surface area contributed by atoms with Gasteiger partial charge in [0.1, 0.15) is 11.5 Å². The molecule has 2 aromatic heterocycles. The van der Waals surface area contributed by atoms with Gasteiger partial charge in [0.15, 0.2) is 15.7 Å². The molecule has 0 spiro atoms. The minimum atomic E-state index is -3.86. The van der Waals surface area contributed by atoms with Crippen LogP contribution in [0.1, 0.15) is 16.1 Å². The molecule has 1 fully saturated rings. The van der Waals surface area contributed by atoms with Crippen molar-refractivity contribution in [1.29, 1.82) is 0 Å². The van der Waals surface area contributed by atoms with E-state index >= 15 is 0 Å². The fourth-order valence-corrected chi connectivity index (χ4v) is 4.93. The Balaban J connectivity index is 1.75. The monoisotopic (exact) mass is 453 g/mol. The highest BCUT2D eigenvalue weighted by Gasteiger charge is 2.24. The van der Waals surface area contributed by atoms with Crippen molar-refractivity contribution in [2.24, 2.45) is 0 Å². The SMILES string of the molecule is CNC(=O)c1ccccc1S(=O)(=O)Cc1cc(N2CCOCC2)nc(-c2ccccn2)n1. The number of anilines is 1. The van der Waals surface area contributed by atoms with E-state index in [1.54, 1.807) is 36.5 Å². The maximum atomic E-state index is 13.3. The molecule has 0 aliphatic carbocycles. The number of carbonyl (C=O) groups is 1. The largest absolute Gasteiger partial charge is 0.378 e. The Hall–Kier alpha value is -3.37. The molecular weight excluding hydrogens is 430 g/mol. The van der Waals surface area contributed by atoms with Crippen LogP contribution in [0, 0.1) is 0 Å². The average molecular weight is 454 g/mol. The minimum Gasteiger partial charge on any atom is -0.378 e. The highest BCUT2D eigenvalue weighted by molar-refractivity contribution is 7.90. The van der Waals surface area contributed by atoms with Gasteiger partial charge in [-0.05, 0) is 24.3 Å². The molecule has 0 unspecified atom stereocenters. The summed E-state index contributed by atoms with van der Waals surface area (Å²) < 4.78 is 32.0. The summed E-state index contributed by atoms with van der Waals surface area (Å²) in [6.07, 6.45) is 1.64. The summed E-state index contributed by atoms with van der Waals surface area (Å²) >= 11 is 0. The Kier molecular flexibility index (Phi) is 6.42. The molecule has 0 bridgehead atoms. The number of ether oxygens (including phenoxy) is 1. The third-order valence-corrected chi connectivity index (χ3v) is 6.73. The molecule has 0 atom stereocenters. The molecule has 3 heterocycles. The Morgan fingerprint density at radius 1 is 1.09 bits per heavy atom. The van der Waals surface area contributed by atoms with Crippen molar-refractivity contribution in [3.8, 4) is 11.5 Å². The van der Waals surface area contributed by atoms with Crippen LogP contribution in [0.3, 0.4) is 0 Å². The zero-order chi connectivity index (χ0) is 22.6. The molecule has 1 aliphatic heterocycles. The Morgan fingerprint density at radius 2 is 1.84 bits per heavy atom. The van der Waals surface area contributed by atoms with Gasteiger partial charge in [0.2, 0.25) is 0 Å². The molecule has 1 saturated heterocycles. The Morgan fingerprint density at radius 3 is 2.56 bits per heavy atom. The number of nitrogens with one attached hydrogen (secondary N) is 1. The second-order valence-corrected chi connectivity index (χ2v) is 9.15. The second kappa shape index (κ2) is 9.41. The predicted octanol–water partition coefficient (Wildman–Crippen LogP) is 1.71. The van der Waals surface area contributed by atoms with Gasteiger partial charge in [0.05, 0.1) is 35.1 Å². The number of hydrogen-bond acceptors (Lipinski definition) is 8. The zero-order valence-electron chi connectivity index (χ0n) is 17.6. The summed E-state index contributed by atoms with van der Waals surface area (Å²) in [5.74, 6) is 0.129. The quantitative estimate of drug-likeness (QED) is 0.600. The number of pyridine rings is 1. The lowest BCUT2D eigenvalue weighted by atomic mass is 10.2. The standard InChI is InChI=1S/C22H23N5O4S/c1-23-22(28)17-6-2-3-8-19(17)32(29,30)15-16-14-20(27-10-12-31-13-11-27)26-21(25-16)18-7-4-5-9-24-18/h2-9,14H,10-13,15H2,1H3,(H,23,28). The van der Waals surface area contributed by atoms with Crippen molar-refractivity contribution in [3.05, 3.63) is 66.0 Å². The van der Waals surface area contributed by atoms with Crippen LogP contribution < -0.4 is 10.2 Å². The molecular formula is C22H23N5O4S. The maximum absolute atomic E-state index is 13.3. The molecule has 1 aromatic carbocycles.